The maximum atomic E-state index is 14.5. The van der Waals surface area contributed by atoms with Gasteiger partial charge in [0.05, 0.1) is 11.7 Å². The summed E-state index contributed by atoms with van der Waals surface area (Å²) in [6, 6.07) is -1.93. The lowest BCUT2D eigenvalue weighted by Gasteiger charge is -2.48. The van der Waals surface area contributed by atoms with E-state index in [4.69, 9.17) is 4.74 Å². The van der Waals surface area contributed by atoms with Gasteiger partial charge in [-0.2, -0.15) is 0 Å². The number of piperazine rings is 1. The lowest BCUT2D eigenvalue weighted by Crippen LogP contribution is -2.69. The molecule has 1 aromatic heterocycles. The number of carbonyl (C=O) groups excluding carboxylic acids is 3. The van der Waals surface area contributed by atoms with Crippen LogP contribution in [0.1, 0.15) is 75.9 Å². The molecule has 8 atom stereocenters. The highest BCUT2D eigenvalue weighted by atomic mass is 16.5. The zero-order valence-electron chi connectivity index (χ0n) is 25.8. The first-order valence-electron chi connectivity index (χ1n) is 17.0. The summed E-state index contributed by atoms with van der Waals surface area (Å²) in [5.74, 6) is -0.762. The summed E-state index contributed by atoms with van der Waals surface area (Å²) in [6.07, 6.45) is 6.23. The van der Waals surface area contributed by atoms with E-state index in [2.05, 4.69) is 20.5 Å². The molecule has 4 saturated heterocycles. The number of ether oxygens (including phenoxy) is 1. The first kappa shape index (κ1) is 31.0. The zero-order chi connectivity index (χ0) is 31.2. The van der Waals surface area contributed by atoms with Crippen molar-refractivity contribution >= 4 is 17.7 Å². The minimum Gasteiger partial charge on any atom is -0.388 e. The van der Waals surface area contributed by atoms with Gasteiger partial charge < -0.3 is 35.2 Å². The van der Waals surface area contributed by atoms with Crippen molar-refractivity contribution in [2.75, 3.05) is 32.7 Å². The molecule has 0 unspecified atom stereocenters. The summed E-state index contributed by atoms with van der Waals surface area (Å²) in [5, 5.41) is 43.9. The van der Waals surface area contributed by atoms with Crippen LogP contribution in [0.15, 0.2) is 6.20 Å². The Labute approximate surface area is 263 Å². The molecule has 2 saturated carbocycles. The first-order chi connectivity index (χ1) is 21.8. The van der Waals surface area contributed by atoms with Gasteiger partial charge in [0.25, 0.3) is 5.91 Å². The van der Waals surface area contributed by atoms with Crippen molar-refractivity contribution < 1.29 is 34.4 Å². The smallest absolute Gasteiger partial charge is 0.255 e. The second kappa shape index (κ2) is 12.9. The third kappa shape index (κ3) is 5.88. The SMILES string of the molecule is O=C1NC[C@@H]2O[C@H](C(=O)N3CCN(C4CCCC4)C[C@H]3C(=O)N3CC[C@@H](n4cc(CC5CCCCC5)nn4)[C@@H]13)[C@H](O)[C@H](O)[C@H]2O. The minimum absolute atomic E-state index is 0.206. The summed E-state index contributed by atoms with van der Waals surface area (Å²) in [5.41, 5.74) is 0.883. The number of aliphatic hydroxyl groups is 3. The summed E-state index contributed by atoms with van der Waals surface area (Å²) < 4.78 is 7.61. The number of hydrogen-bond acceptors (Lipinski definition) is 10. The summed E-state index contributed by atoms with van der Waals surface area (Å²) in [6.45, 7) is 1.25. The van der Waals surface area contributed by atoms with Gasteiger partial charge in [0.1, 0.15) is 36.5 Å². The molecule has 45 heavy (non-hydrogen) atoms. The quantitative estimate of drug-likeness (QED) is 0.323. The van der Waals surface area contributed by atoms with Crippen molar-refractivity contribution in [2.24, 2.45) is 5.92 Å². The van der Waals surface area contributed by atoms with Crippen LogP contribution in [-0.2, 0) is 25.5 Å². The molecule has 5 heterocycles. The van der Waals surface area contributed by atoms with Crippen LogP contribution in [0.3, 0.4) is 0 Å². The van der Waals surface area contributed by atoms with Crippen LogP contribution in [0, 0.1) is 5.92 Å². The van der Waals surface area contributed by atoms with E-state index < -0.39 is 60.5 Å². The Balaban J connectivity index is 1.20. The van der Waals surface area contributed by atoms with Crippen LogP contribution >= 0.6 is 0 Å². The van der Waals surface area contributed by atoms with E-state index in [1.165, 1.54) is 37.0 Å². The predicted molar refractivity (Wildman–Crippen MR) is 158 cm³/mol. The third-order valence-electron chi connectivity index (χ3n) is 11.3. The molecule has 7 rings (SSSR count). The summed E-state index contributed by atoms with van der Waals surface area (Å²) >= 11 is 0. The maximum absolute atomic E-state index is 14.5. The van der Waals surface area contributed by atoms with Gasteiger partial charge >= 0.3 is 0 Å². The molecule has 2 bridgehead atoms. The Morgan fingerprint density at radius 1 is 0.844 bits per heavy atom. The molecule has 6 fully saturated rings. The molecular weight excluding hydrogens is 582 g/mol. The van der Waals surface area contributed by atoms with Gasteiger partial charge in [0.2, 0.25) is 11.8 Å². The average molecular weight is 630 g/mol. The van der Waals surface area contributed by atoms with E-state index in [9.17, 15) is 29.7 Å². The first-order valence-corrected chi connectivity index (χ1v) is 17.0. The van der Waals surface area contributed by atoms with Crippen LogP contribution in [0.4, 0.5) is 0 Å². The molecule has 1 aromatic rings. The fourth-order valence-corrected chi connectivity index (χ4v) is 8.74. The number of aromatic nitrogens is 3. The second-order valence-corrected chi connectivity index (χ2v) is 14.0. The molecule has 0 radical (unpaired) electrons. The number of hydrogen-bond donors (Lipinski definition) is 4. The highest BCUT2D eigenvalue weighted by molar-refractivity contribution is 5.94. The third-order valence-corrected chi connectivity index (χ3v) is 11.3. The summed E-state index contributed by atoms with van der Waals surface area (Å²) in [4.78, 5) is 47.8. The molecule has 14 heteroatoms. The number of aliphatic hydroxyl groups excluding tert-OH is 3. The molecule has 4 N–H and O–H groups in total. The standard InChI is InChI=1S/C31H47N7O7/c39-25-23-15-32-29(42)24-21(38-16-19(33-34-38)14-18-6-2-1-3-7-18)10-11-37(24)30(43)22-17-35(20-8-4-5-9-20)12-13-36(22)31(44)28(45-23)27(41)26(25)40/h16,18,20-28,39-41H,1-15,17H2,(H,32,42)/t21-,22+,23+,24+,25+,26-,27-,28+/m1/s1. The van der Waals surface area contributed by atoms with Gasteiger partial charge in [-0.3, -0.25) is 19.3 Å². The average Bonchev–Trinajstić information content (AvgIpc) is 3.84. The van der Waals surface area contributed by atoms with Crippen LogP contribution < -0.4 is 5.32 Å². The van der Waals surface area contributed by atoms with E-state index in [0.717, 1.165) is 37.8 Å². The maximum Gasteiger partial charge on any atom is 0.255 e. The molecule has 248 valence electrons. The Morgan fingerprint density at radius 2 is 1.60 bits per heavy atom. The second-order valence-electron chi connectivity index (χ2n) is 14.0. The van der Waals surface area contributed by atoms with Gasteiger partial charge in [0.15, 0.2) is 6.10 Å². The van der Waals surface area contributed by atoms with Crippen molar-refractivity contribution in [1.29, 1.82) is 0 Å². The Kier molecular flexibility index (Phi) is 8.85. The predicted octanol–water partition coefficient (Wildman–Crippen LogP) is -1.02. The molecule has 14 nitrogen and oxygen atoms in total. The van der Waals surface area contributed by atoms with E-state index in [1.54, 1.807) is 9.58 Å². The van der Waals surface area contributed by atoms with Crippen LogP contribution in [0.2, 0.25) is 0 Å². The number of fused-ring (bicyclic) bond motifs is 4. The number of carbonyl (C=O) groups is 3. The number of nitrogens with one attached hydrogen (secondary N) is 1. The van der Waals surface area contributed by atoms with Gasteiger partial charge in [-0.25, -0.2) is 4.68 Å². The number of rotatable bonds is 4. The highest BCUT2D eigenvalue weighted by Gasteiger charge is 2.53. The topological polar surface area (TPSA) is 174 Å². The van der Waals surface area contributed by atoms with Crippen molar-refractivity contribution in [3.8, 4) is 0 Å². The summed E-state index contributed by atoms with van der Waals surface area (Å²) in [7, 11) is 0. The van der Waals surface area contributed by atoms with E-state index in [1.807, 2.05) is 6.20 Å². The van der Waals surface area contributed by atoms with Gasteiger partial charge in [-0.15, -0.1) is 5.10 Å². The van der Waals surface area contributed by atoms with Crippen molar-refractivity contribution in [2.45, 2.75) is 125 Å². The highest BCUT2D eigenvalue weighted by Crippen LogP contribution is 2.34. The van der Waals surface area contributed by atoms with Crippen molar-refractivity contribution in [3.63, 3.8) is 0 Å². The molecule has 0 spiro atoms. The minimum atomic E-state index is -1.68. The number of nitrogens with zero attached hydrogens (tertiary/aromatic N) is 6. The van der Waals surface area contributed by atoms with E-state index in [0.29, 0.717) is 38.0 Å². The van der Waals surface area contributed by atoms with Gasteiger partial charge in [0, 0.05) is 45.0 Å². The normalized spacial score (nSPS) is 37.6. The largest absolute Gasteiger partial charge is 0.388 e. The van der Waals surface area contributed by atoms with Crippen LogP contribution in [0.5, 0.6) is 0 Å². The lowest BCUT2D eigenvalue weighted by molar-refractivity contribution is -0.225. The molecule has 0 aromatic carbocycles. The van der Waals surface area contributed by atoms with E-state index >= 15 is 0 Å². The van der Waals surface area contributed by atoms with Crippen molar-refractivity contribution in [1.82, 2.24) is 35.0 Å². The number of amides is 3. The van der Waals surface area contributed by atoms with Crippen molar-refractivity contribution in [3.05, 3.63) is 11.9 Å². The van der Waals surface area contributed by atoms with Crippen LogP contribution in [0.25, 0.3) is 0 Å². The molecular formula is C31H47N7O7. The molecule has 2 aliphatic carbocycles. The molecule has 4 aliphatic heterocycles. The Morgan fingerprint density at radius 3 is 2.38 bits per heavy atom. The monoisotopic (exact) mass is 629 g/mol. The fraction of sp³-hybridized carbons (Fsp3) is 0.839. The van der Waals surface area contributed by atoms with E-state index in [-0.39, 0.29) is 19.0 Å². The lowest BCUT2D eigenvalue weighted by atomic mass is 9.86. The zero-order valence-corrected chi connectivity index (χ0v) is 25.8. The van der Waals surface area contributed by atoms with Crippen LogP contribution in [-0.4, -0.2) is 144 Å². The fourth-order valence-electron chi connectivity index (χ4n) is 8.74. The Bertz CT molecular complexity index is 1250. The molecule has 6 aliphatic rings. The Hall–Kier alpha value is -2.65. The van der Waals surface area contributed by atoms with Gasteiger partial charge in [-0.05, 0) is 31.6 Å². The van der Waals surface area contributed by atoms with Gasteiger partial charge in [-0.1, -0.05) is 50.2 Å². The molecule has 3 amide bonds.